The number of ether oxygens (including phenoxy) is 1. The number of carbonyl (C=O) groups is 1. The molecule has 8 heteroatoms. The Morgan fingerprint density at radius 2 is 2.13 bits per heavy atom. The van der Waals surface area contributed by atoms with E-state index in [9.17, 15) is 25.2 Å². The van der Waals surface area contributed by atoms with Crippen molar-refractivity contribution in [2.45, 2.75) is 18.1 Å². The third-order valence-electron chi connectivity index (χ3n) is 3.66. The highest BCUT2D eigenvalue weighted by atomic mass is 16.5. The fourth-order valence-electron chi connectivity index (χ4n) is 2.35. The van der Waals surface area contributed by atoms with E-state index >= 15 is 0 Å². The summed E-state index contributed by atoms with van der Waals surface area (Å²) in [5.41, 5.74) is -2.99. The predicted octanol–water partition coefficient (Wildman–Crippen LogP) is -0.0464. The van der Waals surface area contributed by atoms with E-state index in [2.05, 4.69) is 5.32 Å². The standard InChI is InChI=1S/C15H18N2O6/c1-23-10-5-3-2-4-8(10)17-14(21)11-12(16)9(19)6-15(22,7-18)13(11)20/h2-5,9,16,18-20,22H,6-7H2,1H3,(H,17,21)/t9-,15-/m0/s1. The van der Waals surface area contributed by atoms with Gasteiger partial charge in [-0.05, 0) is 12.1 Å². The summed E-state index contributed by atoms with van der Waals surface area (Å²) in [6.45, 7) is -0.894. The van der Waals surface area contributed by atoms with E-state index in [1.165, 1.54) is 7.11 Å². The molecule has 0 saturated heterocycles. The quantitative estimate of drug-likeness (QED) is 0.459. The van der Waals surface area contributed by atoms with Crippen LogP contribution in [-0.2, 0) is 4.79 Å². The number of anilines is 1. The normalized spacial score (nSPS) is 24.5. The molecule has 1 aliphatic carbocycles. The van der Waals surface area contributed by atoms with E-state index in [4.69, 9.17) is 10.1 Å². The summed E-state index contributed by atoms with van der Waals surface area (Å²) >= 11 is 0. The molecular weight excluding hydrogens is 304 g/mol. The van der Waals surface area contributed by atoms with Crippen LogP contribution in [0.15, 0.2) is 35.6 Å². The Morgan fingerprint density at radius 1 is 1.48 bits per heavy atom. The number of benzene rings is 1. The van der Waals surface area contributed by atoms with Crippen molar-refractivity contribution < 1.29 is 30.0 Å². The summed E-state index contributed by atoms with van der Waals surface area (Å²) in [4.78, 5) is 12.4. The number of para-hydroxylation sites is 2. The largest absolute Gasteiger partial charge is 0.508 e. The van der Waals surface area contributed by atoms with Crippen molar-refractivity contribution in [2.75, 3.05) is 19.0 Å². The fraction of sp³-hybridized carbons (Fsp3) is 0.333. The highest BCUT2D eigenvalue weighted by molar-refractivity contribution is 6.26. The summed E-state index contributed by atoms with van der Waals surface area (Å²) in [5, 5.41) is 49.4. The number of amides is 1. The maximum Gasteiger partial charge on any atom is 0.261 e. The van der Waals surface area contributed by atoms with Gasteiger partial charge >= 0.3 is 0 Å². The van der Waals surface area contributed by atoms with Gasteiger partial charge in [-0.25, -0.2) is 0 Å². The van der Waals surface area contributed by atoms with Crippen LogP contribution in [0.5, 0.6) is 5.75 Å². The highest BCUT2D eigenvalue weighted by Gasteiger charge is 2.45. The first kappa shape index (κ1) is 16.9. The van der Waals surface area contributed by atoms with Gasteiger partial charge in [-0.1, -0.05) is 12.1 Å². The number of nitrogens with one attached hydrogen (secondary N) is 2. The van der Waals surface area contributed by atoms with Gasteiger partial charge in [-0.3, -0.25) is 4.79 Å². The van der Waals surface area contributed by atoms with E-state index in [0.29, 0.717) is 11.4 Å². The van der Waals surface area contributed by atoms with E-state index in [0.717, 1.165) is 0 Å². The molecule has 2 atom stereocenters. The molecule has 0 heterocycles. The van der Waals surface area contributed by atoms with Crippen molar-refractivity contribution in [1.29, 1.82) is 5.41 Å². The Balaban J connectivity index is 2.40. The summed E-state index contributed by atoms with van der Waals surface area (Å²) in [7, 11) is 1.42. The van der Waals surface area contributed by atoms with Crippen molar-refractivity contribution in [1.82, 2.24) is 0 Å². The molecule has 0 aliphatic heterocycles. The molecule has 0 unspecified atom stereocenters. The van der Waals surface area contributed by atoms with Gasteiger partial charge < -0.3 is 35.9 Å². The number of methoxy groups -OCH3 is 1. The van der Waals surface area contributed by atoms with Gasteiger partial charge in [0.2, 0.25) is 0 Å². The topological polar surface area (TPSA) is 143 Å². The van der Waals surface area contributed by atoms with E-state index < -0.39 is 47.7 Å². The van der Waals surface area contributed by atoms with Crippen LogP contribution in [0, 0.1) is 5.41 Å². The van der Waals surface area contributed by atoms with Gasteiger partial charge in [0.05, 0.1) is 31.2 Å². The lowest BCUT2D eigenvalue weighted by molar-refractivity contribution is -0.113. The number of hydrogen-bond acceptors (Lipinski definition) is 7. The molecule has 1 amide bonds. The molecule has 0 saturated carbocycles. The van der Waals surface area contributed by atoms with Crippen LogP contribution >= 0.6 is 0 Å². The zero-order valence-electron chi connectivity index (χ0n) is 12.4. The Kier molecular flexibility index (Phi) is 4.69. The van der Waals surface area contributed by atoms with Crippen molar-refractivity contribution in [3.63, 3.8) is 0 Å². The maximum absolute atomic E-state index is 12.4. The average molecular weight is 322 g/mol. The number of aliphatic hydroxyl groups excluding tert-OH is 3. The van der Waals surface area contributed by atoms with Gasteiger partial charge in [0.25, 0.3) is 5.91 Å². The first-order valence-electron chi connectivity index (χ1n) is 6.82. The van der Waals surface area contributed by atoms with Crippen LogP contribution in [0.2, 0.25) is 0 Å². The van der Waals surface area contributed by atoms with Gasteiger partial charge in [0.15, 0.2) is 0 Å². The number of aliphatic hydroxyl groups is 4. The van der Waals surface area contributed by atoms with Gasteiger partial charge in [0.1, 0.15) is 22.7 Å². The lowest BCUT2D eigenvalue weighted by Crippen LogP contribution is -2.49. The molecule has 0 spiro atoms. The van der Waals surface area contributed by atoms with E-state index in [1.54, 1.807) is 24.3 Å². The summed E-state index contributed by atoms with van der Waals surface area (Å²) in [5.74, 6) is -1.38. The first-order chi connectivity index (χ1) is 10.8. The number of hydrogen-bond donors (Lipinski definition) is 6. The third kappa shape index (κ3) is 3.04. The molecule has 8 nitrogen and oxygen atoms in total. The molecule has 0 aromatic heterocycles. The maximum atomic E-state index is 12.4. The molecule has 0 bridgehead atoms. The molecule has 1 aromatic rings. The average Bonchev–Trinajstić information content (AvgIpc) is 2.54. The molecule has 0 radical (unpaired) electrons. The Hall–Kier alpha value is -2.42. The Morgan fingerprint density at radius 3 is 2.74 bits per heavy atom. The lowest BCUT2D eigenvalue weighted by atomic mass is 9.81. The van der Waals surface area contributed by atoms with Crippen molar-refractivity contribution in [3.05, 3.63) is 35.6 Å². The second-order valence-corrected chi connectivity index (χ2v) is 5.20. The molecule has 23 heavy (non-hydrogen) atoms. The molecule has 6 N–H and O–H groups in total. The Labute approximate surface area is 132 Å². The van der Waals surface area contributed by atoms with Gasteiger partial charge in [-0.15, -0.1) is 0 Å². The SMILES string of the molecule is COc1ccccc1NC(=O)C1=C(O)[C@@](O)(CO)C[C@H](O)C1=N. The van der Waals surface area contributed by atoms with Crippen LogP contribution in [0.3, 0.4) is 0 Å². The van der Waals surface area contributed by atoms with E-state index in [-0.39, 0.29) is 0 Å². The molecule has 124 valence electrons. The second-order valence-electron chi connectivity index (χ2n) is 5.20. The predicted molar refractivity (Wildman–Crippen MR) is 81.7 cm³/mol. The third-order valence-corrected chi connectivity index (χ3v) is 3.66. The monoisotopic (exact) mass is 322 g/mol. The number of rotatable bonds is 4. The van der Waals surface area contributed by atoms with Crippen molar-refractivity contribution in [2.24, 2.45) is 0 Å². The highest BCUT2D eigenvalue weighted by Crippen LogP contribution is 2.32. The molecular formula is C15H18N2O6. The molecule has 0 fully saturated rings. The summed E-state index contributed by atoms with van der Waals surface area (Å²) in [6.07, 6.45) is -1.96. The first-order valence-corrected chi connectivity index (χ1v) is 6.82. The summed E-state index contributed by atoms with van der Waals surface area (Å²) < 4.78 is 5.08. The van der Waals surface area contributed by atoms with Crippen LogP contribution < -0.4 is 10.1 Å². The van der Waals surface area contributed by atoms with Crippen LogP contribution in [-0.4, -0.2) is 57.5 Å². The van der Waals surface area contributed by atoms with Crippen LogP contribution in [0.25, 0.3) is 0 Å². The molecule has 1 aliphatic rings. The molecule has 2 rings (SSSR count). The Bertz CT molecular complexity index is 672. The second kappa shape index (κ2) is 6.37. The minimum atomic E-state index is -2.17. The smallest absolute Gasteiger partial charge is 0.261 e. The fourth-order valence-corrected chi connectivity index (χ4v) is 2.35. The minimum absolute atomic E-state index is 0.292. The van der Waals surface area contributed by atoms with Gasteiger partial charge in [0, 0.05) is 6.42 Å². The van der Waals surface area contributed by atoms with Crippen molar-refractivity contribution >= 4 is 17.3 Å². The zero-order chi connectivity index (χ0) is 17.2. The summed E-state index contributed by atoms with van der Waals surface area (Å²) in [6, 6.07) is 6.50. The number of carbonyl (C=O) groups excluding carboxylic acids is 1. The van der Waals surface area contributed by atoms with Crippen LogP contribution in [0.4, 0.5) is 5.69 Å². The zero-order valence-corrected chi connectivity index (χ0v) is 12.4. The lowest BCUT2D eigenvalue weighted by Gasteiger charge is -2.34. The van der Waals surface area contributed by atoms with E-state index in [1.807, 2.05) is 0 Å². The molecule has 1 aromatic carbocycles. The minimum Gasteiger partial charge on any atom is -0.508 e. The van der Waals surface area contributed by atoms with Gasteiger partial charge in [-0.2, -0.15) is 0 Å². The van der Waals surface area contributed by atoms with Crippen LogP contribution in [0.1, 0.15) is 6.42 Å². The van der Waals surface area contributed by atoms with Crippen molar-refractivity contribution in [3.8, 4) is 5.75 Å².